The number of methoxy groups -OCH3 is 1. The minimum Gasteiger partial charge on any atom is -0.497 e. The molecule has 0 bridgehead atoms. The van der Waals surface area contributed by atoms with Crippen LogP contribution in [-0.4, -0.2) is 54.4 Å². The molecule has 0 radical (unpaired) electrons. The molecule has 2 aliphatic heterocycles. The van der Waals surface area contributed by atoms with E-state index < -0.39 is 0 Å². The van der Waals surface area contributed by atoms with Crippen LogP contribution >= 0.6 is 0 Å². The third-order valence-electron chi connectivity index (χ3n) is 5.29. The summed E-state index contributed by atoms with van der Waals surface area (Å²) in [4.78, 5) is 29.3. The zero-order chi connectivity index (χ0) is 17.6. The standard InChI is InChI=1S/C20H28N2O3/c1-25-17-8-6-7-16(15-17)10-11-19(23)22-14-3-2-9-18(22)20(24)21-12-4-5-13-21/h6-8,15,18H,2-5,9-14H2,1H3/t18-/m0/s1. The Bertz CT molecular complexity index is 611. The monoisotopic (exact) mass is 344 g/mol. The number of hydrogen-bond donors (Lipinski definition) is 0. The van der Waals surface area contributed by atoms with E-state index in [4.69, 9.17) is 4.74 Å². The van der Waals surface area contributed by atoms with Gasteiger partial charge in [0.05, 0.1) is 7.11 Å². The first kappa shape index (κ1) is 17.8. The molecule has 0 N–H and O–H groups in total. The normalized spacial score (nSPS) is 20.6. The molecule has 0 aromatic heterocycles. The fourth-order valence-corrected chi connectivity index (χ4v) is 3.86. The lowest BCUT2D eigenvalue weighted by molar-refractivity contribution is -0.147. The van der Waals surface area contributed by atoms with Gasteiger partial charge in [0, 0.05) is 26.1 Å². The summed E-state index contributed by atoms with van der Waals surface area (Å²) in [7, 11) is 1.65. The molecule has 0 aliphatic carbocycles. The van der Waals surface area contributed by atoms with E-state index >= 15 is 0 Å². The van der Waals surface area contributed by atoms with Crippen molar-refractivity contribution in [1.82, 2.24) is 9.80 Å². The zero-order valence-corrected chi connectivity index (χ0v) is 15.1. The lowest BCUT2D eigenvalue weighted by atomic mass is 9.99. The summed E-state index contributed by atoms with van der Waals surface area (Å²) in [5, 5.41) is 0. The fraction of sp³-hybridized carbons (Fsp3) is 0.600. The summed E-state index contributed by atoms with van der Waals surface area (Å²) < 4.78 is 5.24. The molecular formula is C20H28N2O3. The molecule has 1 aromatic rings. The number of nitrogens with zero attached hydrogens (tertiary/aromatic N) is 2. The van der Waals surface area contributed by atoms with E-state index in [2.05, 4.69) is 0 Å². The number of amides is 2. The van der Waals surface area contributed by atoms with Crippen LogP contribution in [0, 0.1) is 0 Å². The number of aryl methyl sites for hydroxylation is 1. The first-order valence-electron chi connectivity index (χ1n) is 9.40. The van der Waals surface area contributed by atoms with Crippen molar-refractivity contribution in [3.63, 3.8) is 0 Å². The molecule has 3 rings (SSSR count). The Balaban J connectivity index is 1.61. The Kier molecular flexibility index (Phi) is 5.95. The Morgan fingerprint density at radius 2 is 1.88 bits per heavy atom. The third kappa shape index (κ3) is 4.33. The fourth-order valence-electron chi connectivity index (χ4n) is 3.86. The van der Waals surface area contributed by atoms with Gasteiger partial charge < -0.3 is 14.5 Å². The van der Waals surface area contributed by atoms with Crippen LogP contribution in [0.5, 0.6) is 5.75 Å². The molecule has 2 fully saturated rings. The smallest absolute Gasteiger partial charge is 0.245 e. The number of carbonyl (C=O) groups excluding carboxylic acids is 2. The summed E-state index contributed by atoms with van der Waals surface area (Å²) in [6.07, 6.45) is 6.12. The molecular weight excluding hydrogens is 316 g/mol. The third-order valence-corrected chi connectivity index (χ3v) is 5.29. The average molecular weight is 344 g/mol. The number of likely N-dealkylation sites (tertiary alicyclic amines) is 2. The van der Waals surface area contributed by atoms with Crippen LogP contribution in [0.25, 0.3) is 0 Å². The maximum Gasteiger partial charge on any atom is 0.245 e. The maximum absolute atomic E-state index is 12.8. The largest absolute Gasteiger partial charge is 0.497 e. The van der Waals surface area contributed by atoms with Crippen molar-refractivity contribution in [2.75, 3.05) is 26.7 Å². The quantitative estimate of drug-likeness (QED) is 0.825. The van der Waals surface area contributed by atoms with Crippen molar-refractivity contribution in [2.45, 2.75) is 51.0 Å². The van der Waals surface area contributed by atoms with Crippen molar-refractivity contribution in [1.29, 1.82) is 0 Å². The molecule has 0 saturated carbocycles. The van der Waals surface area contributed by atoms with Gasteiger partial charge in [-0.15, -0.1) is 0 Å². The first-order chi connectivity index (χ1) is 12.2. The molecule has 0 unspecified atom stereocenters. The van der Waals surface area contributed by atoms with Crippen molar-refractivity contribution < 1.29 is 14.3 Å². The first-order valence-corrected chi connectivity index (χ1v) is 9.40. The van der Waals surface area contributed by atoms with E-state index in [0.717, 1.165) is 56.5 Å². The van der Waals surface area contributed by atoms with Crippen LogP contribution in [0.3, 0.4) is 0 Å². The van der Waals surface area contributed by atoms with E-state index in [1.165, 1.54) is 0 Å². The second-order valence-electron chi connectivity index (χ2n) is 6.98. The summed E-state index contributed by atoms with van der Waals surface area (Å²) in [6, 6.07) is 7.58. The Morgan fingerprint density at radius 1 is 1.12 bits per heavy atom. The second kappa shape index (κ2) is 8.37. The molecule has 5 heteroatoms. The van der Waals surface area contributed by atoms with Gasteiger partial charge in [0.25, 0.3) is 0 Å². The number of benzene rings is 1. The number of carbonyl (C=O) groups is 2. The molecule has 136 valence electrons. The topological polar surface area (TPSA) is 49.9 Å². The minimum absolute atomic E-state index is 0.0973. The van der Waals surface area contributed by atoms with Gasteiger partial charge in [0.15, 0.2) is 0 Å². The van der Waals surface area contributed by atoms with Gasteiger partial charge in [-0.05, 0) is 56.2 Å². The highest BCUT2D eigenvalue weighted by atomic mass is 16.5. The van der Waals surface area contributed by atoms with E-state index in [-0.39, 0.29) is 17.9 Å². The van der Waals surface area contributed by atoms with Gasteiger partial charge in [-0.25, -0.2) is 0 Å². The Labute approximate surface area is 149 Å². The van der Waals surface area contributed by atoms with Gasteiger partial charge in [0.2, 0.25) is 11.8 Å². The number of piperidine rings is 1. The highest BCUT2D eigenvalue weighted by Gasteiger charge is 2.35. The molecule has 2 heterocycles. The van der Waals surface area contributed by atoms with Gasteiger partial charge >= 0.3 is 0 Å². The number of hydrogen-bond acceptors (Lipinski definition) is 3. The van der Waals surface area contributed by atoms with Gasteiger partial charge in [-0.3, -0.25) is 9.59 Å². The minimum atomic E-state index is -0.246. The van der Waals surface area contributed by atoms with E-state index in [9.17, 15) is 9.59 Å². The SMILES string of the molecule is COc1cccc(CCC(=O)N2CCCC[C@H]2C(=O)N2CCCC2)c1. The molecule has 2 amide bonds. The Morgan fingerprint density at radius 3 is 2.64 bits per heavy atom. The van der Waals surface area contributed by atoms with Crippen LogP contribution in [-0.2, 0) is 16.0 Å². The summed E-state index contributed by atoms with van der Waals surface area (Å²) in [6.45, 7) is 2.41. The lowest BCUT2D eigenvalue weighted by Gasteiger charge is -2.37. The van der Waals surface area contributed by atoms with Gasteiger partial charge in [0.1, 0.15) is 11.8 Å². The molecule has 5 nitrogen and oxygen atoms in total. The van der Waals surface area contributed by atoms with Gasteiger partial charge in [-0.2, -0.15) is 0 Å². The molecule has 2 aliphatic rings. The average Bonchev–Trinajstić information content (AvgIpc) is 3.20. The van der Waals surface area contributed by atoms with Crippen LogP contribution < -0.4 is 4.74 Å². The Hall–Kier alpha value is -2.04. The summed E-state index contributed by atoms with van der Waals surface area (Å²) >= 11 is 0. The number of ether oxygens (including phenoxy) is 1. The van der Waals surface area contributed by atoms with Crippen LogP contribution in [0.15, 0.2) is 24.3 Å². The molecule has 25 heavy (non-hydrogen) atoms. The predicted octanol–water partition coefficient (Wildman–Crippen LogP) is 2.63. The molecule has 0 spiro atoms. The molecule has 2 saturated heterocycles. The highest BCUT2D eigenvalue weighted by Crippen LogP contribution is 2.23. The summed E-state index contributed by atoms with van der Waals surface area (Å²) in [5.41, 5.74) is 1.09. The van der Waals surface area contributed by atoms with E-state index in [1.54, 1.807) is 7.11 Å². The van der Waals surface area contributed by atoms with Crippen molar-refractivity contribution in [2.24, 2.45) is 0 Å². The van der Waals surface area contributed by atoms with Crippen LogP contribution in [0.1, 0.15) is 44.1 Å². The van der Waals surface area contributed by atoms with Crippen LogP contribution in [0.2, 0.25) is 0 Å². The van der Waals surface area contributed by atoms with Crippen molar-refractivity contribution >= 4 is 11.8 Å². The number of rotatable bonds is 5. The maximum atomic E-state index is 12.8. The van der Waals surface area contributed by atoms with Crippen LogP contribution in [0.4, 0.5) is 0 Å². The van der Waals surface area contributed by atoms with E-state index in [0.29, 0.717) is 19.4 Å². The zero-order valence-electron chi connectivity index (χ0n) is 15.1. The highest BCUT2D eigenvalue weighted by molar-refractivity contribution is 5.88. The predicted molar refractivity (Wildman–Crippen MR) is 96.5 cm³/mol. The second-order valence-corrected chi connectivity index (χ2v) is 6.98. The molecule has 1 atom stereocenters. The summed E-state index contributed by atoms with van der Waals surface area (Å²) in [5.74, 6) is 1.07. The van der Waals surface area contributed by atoms with E-state index in [1.807, 2.05) is 34.1 Å². The molecule has 1 aromatic carbocycles. The van der Waals surface area contributed by atoms with Crippen molar-refractivity contribution in [3.8, 4) is 5.75 Å². The lowest BCUT2D eigenvalue weighted by Crippen LogP contribution is -2.52. The van der Waals surface area contributed by atoms with Gasteiger partial charge in [-0.1, -0.05) is 12.1 Å². The van der Waals surface area contributed by atoms with Crippen molar-refractivity contribution in [3.05, 3.63) is 29.8 Å².